The van der Waals surface area contributed by atoms with Crippen LogP contribution >= 0.6 is 0 Å². The first kappa shape index (κ1) is 47.2. The van der Waals surface area contributed by atoms with Crippen LogP contribution in [0.25, 0.3) is 0 Å². The van der Waals surface area contributed by atoms with Gasteiger partial charge in [-0.3, -0.25) is 34.2 Å². The van der Waals surface area contributed by atoms with Gasteiger partial charge in [-0.25, -0.2) is 17.7 Å². The second-order valence-electron chi connectivity index (χ2n) is 18.0. The van der Waals surface area contributed by atoms with Crippen molar-refractivity contribution in [1.82, 2.24) is 34.9 Å². The topological polar surface area (TPSA) is 198 Å². The number of sulfonamides is 1. The van der Waals surface area contributed by atoms with Gasteiger partial charge in [-0.05, 0) is 93.6 Å². The average Bonchev–Trinajstić information content (AvgIpc) is 3.64. The molecule has 360 valence electrons. The summed E-state index contributed by atoms with van der Waals surface area (Å²) in [6.45, 7) is 8.76. The summed E-state index contributed by atoms with van der Waals surface area (Å²) in [5.74, 6) is 5.69. The Morgan fingerprint density at radius 3 is 2.42 bits per heavy atom. The van der Waals surface area contributed by atoms with Crippen molar-refractivity contribution in [3.05, 3.63) is 94.7 Å². The molecule has 6 heterocycles. The summed E-state index contributed by atoms with van der Waals surface area (Å²) < 4.78 is 33.5. The lowest BCUT2D eigenvalue weighted by Crippen LogP contribution is -2.53. The Morgan fingerprint density at radius 2 is 1.67 bits per heavy atom. The zero-order valence-corrected chi connectivity index (χ0v) is 39.9. The molecule has 19 heteroatoms. The maximum absolute atomic E-state index is 13.9. The van der Waals surface area contributed by atoms with Crippen LogP contribution in [0.5, 0.6) is 5.75 Å². The Kier molecular flexibility index (Phi) is 13.7. The van der Waals surface area contributed by atoms with Crippen molar-refractivity contribution in [2.75, 3.05) is 80.2 Å². The lowest BCUT2D eigenvalue weighted by molar-refractivity contribution is -0.136. The van der Waals surface area contributed by atoms with E-state index in [0.717, 1.165) is 86.5 Å². The number of likely N-dealkylation sites (tertiary alicyclic amines) is 1. The fraction of sp³-hybridized carbons (Fsp3) is 0.420. The average molecular weight is 957 g/mol. The molecule has 5 aliphatic rings. The number of piperidine rings is 2. The number of nitrogens with one attached hydrogen (secondary N) is 2. The summed E-state index contributed by atoms with van der Waals surface area (Å²) in [5, 5.41) is 5.50. The van der Waals surface area contributed by atoms with Gasteiger partial charge in [0.15, 0.2) is 5.82 Å². The molecule has 4 aromatic rings. The van der Waals surface area contributed by atoms with Crippen molar-refractivity contribution in [3.8, 4) is 17.6 Å². The predicted octanol–water partition coefficient (Wildman–Crippen LogP) is 4.51. The number of nitrogens with zero attached hydrogens (tertiary/aromatic N) is 8. The van der Waals surface area contributed by atoms with Gasteiger partial charge in [0.05, 0.1) is 36.0 Å². The van der Waals surface area contributed by atoms with Gasteiger partial charge in [0.1, 0.15) is 17.5 Å². The van der Waals surface area contributed by atoms with Crippen molar-refractivity contribution in [2.45, 2.75) is 70.5 Å². The highest BCUT2D eigenvalue weighted by atomic mass is 32.2. The quantitative estimate of drug-likeness (QED) is 0.114. The molecule has 3 aromatic carbocycles. The van der Waals surface area contributed by atoms with Crippen LogP contribution in [0.3, 0.4) is 0 Å². The first-order valence-electron chi connectivity index (χ1n) is 23.6. The summed E-state index contributed by atoms with van der Waals surface area (Å²) in [6, 6.07) is 16.9. The molecule has 0 bridgehead atoms. The predicted molar refractivity (Wildman–Crippen MR) is 259 cm³/mol. The third-order valence-electron chi connectivity index (χ3n) is 13.6. The van der Waals surface area contributed by atoms with Gasteiger partial charge < -0.3 is 29.7 Å². The van der Waals surface area contributed by atoms with Crippen molar-refractivity contribution < 1.29 is 37.1 Å². The van der Waals surface area contributed by atoms with Crippen molar-refractivity contribution >= 4 is 68.4 Å². The van der Waals surface area contributed by atoms with Crippen LogP contribution < -0.4 is 24.6 Å². The number of carbonyl (C=O) groups is 5. The number of piperazine rings is 1. The Balaban J connectivity index is 0.739. The number of hydrogen-bond donors (Lipinski definition) is 2. The van der Waals surface area contributed by atoms with Crippen LogP contribution in [-0.4, -0.2) is 145 Å². The molecule has 0 spiro atoms. The zero-order valence-electron chi connectivity index (χ0n) is 39.1. The second-order valence-corrected chi connectivity index (χ2v) is 19.8. The van der Waals surface area contributed by atoms with E-state index >= 15 is 0 Å². The second kappa shape index (κ2) is 20.0. The van der Waals surface area contributed by atoms with Crippen LogP contribution in [0.4, 0.5) is 28.8 Å². The van der Waals surface area contributed by atoms with Gasteiger partial charge >= 0.3 is 0 Å². The summed E-state index contributed by atoms with van der Waals surface area (Å²) in [5.41, 5.74) is 3.81. The third-order valence-corrected chi connectivity index (χ3v) is 14.6. The van der Waals surface area contributed by atoms with Crippen LogP contribution in [0.2, 0.25) is 0 Å². The Bertz CT molecular complexity index is 2870. The number of anilines is 5. The number of aromatic nitrogens is 2. The van der Waals surface area contributed by atoms with E-state index in [0.29, 0.717) is 61.3 Å². The normalized spacial score (nSPS) is 19.0. The number of imide groups is 1. The molecular formula is C50H56N10O8S. The minimum absolute atomic E-state index is 0.0127. The molecule has 69 heavy (non-hydrogen) atoms. The molecular weight excluding hydrogens is 901 g/mol. The van der Waals surface area contributed by atoms with Crippen molar-refractivity contribution in [2.24, 2.45) is 0 Å². The molecule has 3 fully saturated rings. The van der Waals surface area contributed by atoms with Crippen molar-refractivity contribution in [3.63, 3.8) is 0 Å². The van der Waals surface area contributed by atoms with Gasteiger partial charge in [-0.2, -0.15) is 4.98 Å². The number of rotatable bonds is 12. The molecule has 0 radical (unpaired) electrons. The highest BCUT2D eigenvalue weighted by molar-refractivity contribution is 7.92. The van der Waals surface area contributed by atoms with E-state index in [9.17, 15) is 32.4 Å². The third kappa shape index (κ3) is 9.87. The highest BCUT2D eigenvalue weighted by Gasteiger charge is 2.40. The van der Waals surface area contributed by atoms with Gasteiger partial charge in [0, 0.05) is 88.4 Å². The monoisotopic (exact) mass is 956 g/mol. The largest absolute Gasteiger partial charge is 0.492 e. The number of ether oxygens (including phenoxy) is 1. The minimum Gasteiger partial charge on any atom is -0.492 e. The van der Waals surface area contributed by atoms with E-state index in [2.05, 4.69) is 42.2 Å². The van der Waals surface area contributed by atoms with E-state index in [1.807, 2.05) is 24.0 Å². The molecule has 1 atom stereocenters. The minimum atomic E-state index is -3.94. The number of amides is 5. The Labute approximate surface area is 402 Å². The first-order valence-corrected chi connectivity index (χ1v) is 25.4. The number of unbranched alkanes of at least 4 members (excludes halogenated alkanes) is 2. The van der Waals surface area contributed by atoms with Gasteiger partial charge in [-0.1, -0.05) is 30.0 Å². The van der Waals surface area contributed by atoms with E-state index in [1.165, 1.54) is 11.1 Å². The molecule has 18 nitrogen and oxygen atoms in total. The molecule has 1 aromatic heterocycles. The summed E-state index contributed by atoms with van der Waals surface area (Å²) in [7, 11) is -2.40. The van der Waals surface area contributed by atoms with Crippen LogP contribution in [0, 0.1) is 11.8 Å². The zero-order chi connectivity index (χ0) is 48.4. The van der Waals surface area contributed by atoms with E-state index in [4.69, 9.17) is 4.74 Å². The SMILES string of the molecule is CCOc1cc(C(=O)N2CCC(N3CCN(CCCCC#Cc4cccc5c4CN(C4CCC(=O)NC4=O)C5=O)CC3)CC2)ccc1Nc1ncc2c(n1)N(S(C)(=O)=O)c1ccccc1C(=O)N2C. The number of benzene rings is 3. The van der Waals surface area contributed by atoms with E-state index < -0.39 is 27.9 Å². The fourth-order valence-electron chi connectivity index (χ4n) is 9.92. The number of carbonyl (C=O) groups excluding carboxylic acids is 5. The Morgan fingerprint density at radius 1 is 0.899 bits per heavy atom. The molecule has 9 rings (SSSR count). The molecule has 0 saturated carbocycles. The summed E-state index contributed by atoms with van der Waals surface area (Å²) in [4.78, 5) is 83.4. The molecule has 5 aliphatic heterocycles. The smallest absolute Gasteiger partial charge is 0.260 e. The maximum Gasteiger partial charge on any atom is 0.260 e. The van der Waals surface area contributed by atoms with Gasteiger partial charge in [0.2, 0.25) is 27.8 Å². The lowest BCUT2D eigenvalue weighted by atomic mass is 10.0. The fourth-order valence-corrected chi connectivity index (χ4v) is 10.9. The van der Waals surface area contributed by atoms with Crippen LogP contribution in [-0.2, 0) is 26.2 Å². The summed E-state index contributed by atoms with van der Waals surface area (Å²) in [6.07, 6.45) is 7.54. The number of fused-ring (bicyclic) bond motifs is 3. The standard InChI is InChI=1S/C50H56N10O8S/c1-4-68-43-30-34(17-18-39(43)52-50-51-31-42-45(54-50)60(69(3,66)67)40-16-9-8-14-37(40)48(64)55(42)2)47(63)58-24-21-35(22-25-58)57-28-26-56(27-29-57)23-10-6-5-7-12-33-13-11-15-36-38(33)32-59(49(36)65)41-19-20-44(61)53-46(41)62/h8-9,11,13-18,30-31,35,41H,4-6,10,19-29,32H2,1-3H3,(H,51,52,54)(H,53,61,62). The van der Waals surface area contributed by atoms with Crippen LogP contribution in [0.1, 0.15) is 94.1 Å². The maximum atomic E-state index is 13.9. The van der Waals surface area contributed by atoms with Gasteiger partial charge in [-0.15, -0.1) is 0 Å². The van der Waals surface area contributed by atoms with Gasteiger partial charge in [0.25, 0.3) is 17.7 Å². The first-order chi connectivity index (χ1) is 33.3. The Hall–Kier alpha value is -6.88. The van der Waals surface area contributed by atoms with E-state index in [-0.39, 0.29) is 52.8 Å². The molecule has 0 aliphatic carbocycles. The number of para-hydroxylation sites is 1. The number of hydrogen-bond acceptors (Lipinski definition) is 13. The molecule has 3 saturated heterocycles. The summed E-state index contributed by atoms with van der Waals surface area (Å²) >= 11 is 0. The molecule has 5 amide bonds. The molecule has 1 unspecified atom stereocenters. The van der Waals surface area contributed by atoms with Crippen LogP contribution in [0.15, 0.2) is 66.9 Å². The molecule has 2 N–H and O–H groups in total. The van der Waals surface area contributed by atoms with E-state index in [1.54, 1.807) is 60.5 Å². The highest BCUT2D eigenvalue weighted by Crippen LogP contribution is 2.41. The lowest BCUT2D eigenvalue weighted by Gasteiger charge is -2.42. The van der Waals surface area contributed by atoms with Crippen molar-refractivity contribution in [1.29, 1.82) is 0 Å².